The Morgan fingerprint density at radius 2 is 1.92 bits per heavy atom. The summed E-state index contributed by atoms with van der Waals surface area (Å²) in [6.45, 7) is 2.17. The molecule has 0 aliphatic rings. The molecule has 0 heterocycles. The summed E-state index contributed by atoms with van der Waals surface area (Å²) in [7, 11) is 0. The van der Waals surface area contributed by atoms with Crippen molar-refractivity contribution in [3.05, 3.63) is 64.2 Å². The Labute approximate surface area is 146 Å². The maximum atomic E-state index is 10.7. The Hall–Kier alpha value is -2.67. The highest BCUT2D eigenvalue weighted by Gasteiger charge is 2.05. The lowest BCUT2D eigenvalue weighted by molar-refractivity contribution is -0.384. The van der Waals surface area contributed by atoms with Crippen LogP contribution in [0.2, 0.25) is 0 Å². The summed E-state index contributed by atoms with van der Waals surface area (Å²) in [5, 5.41) is 14.2. The molecule has 126 valence electrons. The highest BCUT2D eigenvalue weighted by Crippen LogP contribution is 2.16. The Bertz CT molecular complexity index is 704. The minimum atomic E-state index is -0.443. The molecule has 0 fully saturated rings. The van der Waals surface area contributed by atoms with E-state index >= 15 is 0 Å². The maximum Gasteiger partial charge on any atom is 0.271 e. The van der Waals surface area contributed by atoms with E-state index in [0.29, 0.717) is 10.8 Å². The summed E-state index contributed by atoms with van der Waals surface area (Å²) in [4.78, 5) is 10.3. The third-order valence-corrected chi connectivity index (χ3v) is 3.61. The number of nitrogens with one attached hydrogen (secondary N) is 3. The summed E-state index contributed by atoms with van der Waals surface area (Å²) in [5.41, 5.74) is 8.41. The van der Waals surface area contributed by atoms with Crippen molar-refractivity contribution >= 4 is 34.4 Å². The first-order chi connectivity index (χ1) is 11.6. The summed E-state index contributed by atoms with van der Waals surface area (Å²) in [6, 6.07) is 14.3. The first-order valence-electron chi connectivity index (χ1n) is 7.75. The molecule has 0 aliphatic carbocycles. The normalized spacial score (nSPS) is 10.0. The molecule has 0 saturated carbocycles. The van der Waals surface area contributed by atoms with Gasteiger partial charge in [0, 0.05) is 17.8 Å². The number of benzene rings is 2. The second-order valence-electron chi connectivity index (χ2n) is 5.31. The number of non-ortho nitro benzene ring substituents is 1. The van der Waals surface area contributed by atoms with E-state index in [0.717, 1.165) is 12.1 Å². The average Bonchev–Trinajstić information content (AvgIpc) is 2.59. The van der Waals surface area contributed by atoms with Gasteiger partial charge in [-0.25, -0.2) is 0 Å². The molecule has 0 spiro atoms. The maximum absolute atomic E-state index is 10.7. The van der Waals surface area contributed by atoms with Crippen molar-refractivity contribution in [1.82, 2.24) is 5.43 Å². The number of anilines is 2. The number of hydrogen-bond donors (Lipinski definition) is 3. The SMILES string of the molecule is CCCCc1ccc(NC(=S)NNc2cccc([N+](=O)[O-])c2)cc1. The van der Waals surface area contributed by atoms with Crippen LogP contribution in [0.5, 0.6) is 0 Å². The number of thiocarbonyl (C=S) groups is 1. The second-order valence-corrected chi connectivity index (χ2v) is 5.72. The fourth-order valence-electron chi connectivity index (χ4n) is 2.12. The van der Waals surface area contributed by atoms with Gasteiger partial charge in [-0.3, -0.25) is 21.0 Å². The smallest absolute Gasteiger partial charge is 0.271 e. The largest absolute Gasteiger partial charge is 0.331 e. The minimum Gasteiger partial charge on any atom is -0.331 e. The van der Waals surface area contributed by atoms with Gasteiger partial charge in [-0.1, -0.05) is 31.5 Å². The van der Waals surface area contributed by atoms with Crippen LogP contribution in [0.1, 0.15) is 25.3 Å². The van der Waals surface area contributed by atoms with E-state index in [1.165, 1.54) is 30.5 Å². The lowest BCUT2D eigenvalue weighted by atomic mass is 10.1. The van der Waals surface area contributed by atoms with Gasteiger partial charge in [0.2, 0.25) is 0 Å². The van der Waals surface area contributed by atoms with Crippen molar-refractivity contribution < 1.29 is 4.92 Å². The predicted octanol–water partition coefficient (Wildman–Crippen LogP) is 4.25. The summed E-state index contributed by atoms with van der Waals surface area (Å²) >= 11 is 5.20. The molecule has 0 saturated heterocycles. The van der Waals surface area contributed by atoms with Crippen LogP contribution in [0.15, 0.2) is 48.5 Å². The van der Waals surface area contributed by atoms with Crippen LogP contribution < -0.4 is 16.2 Å². The van der Waals surface area contributed by atoms with Crippen LogP contribution in [0.3, 0.4) is 0 Å². The average molecular weight is 344 g/mol. The first-order valence-corrected chi connectivity index (χ1v) is 8.15. The number of aryl methyl sites for hydroxylation is 1. The van der Waals surface area contributed by atoms with Crippen molar-refractivity contribution in [2.24, 2.45) is 0 Å². The molecular weight excluding hydrogens is 324 g/mol. The Kier molecular flexibility index (Phi) is 6.51. The predicted molar refractivity (Wildman–Crippen MR) is 101 cm³/mol. The van der Waals surface area contributed by atoms with Gasteiger partial charge in [0.25, 0.3) is 5.69 Å². The summed E-state index contributed by atoms with van der Waals surface area (Å²) < 4.78 is 0. The highest BCUT2D eigenvalue weighted by atomic mass is 32.1. The Balaban J connectivity index is 1.84. The molecule has 2 aromatic carbocycles. The molecule has 6 nitrogen and oxygen atoms in total. The van der Waals surface area contributed by atoms with Gasteiger partial charge in [0.15, 0.2) is 5.11 Å². The van der Waals surface area contributed by atoms with Crippen LogP contribution in [0.4, 0.5) is 17.1 Å². The Morgan fingerprint density at radius 1 is 1.17 bits per heavy atom. The second kappa shape index (κ2) is 8.83. The molecule has 0 aliphatic heterocycles. The van der Waals surface area contributed by atoms with Crippen LogP contribution in [0.25, 0.3) is 0 Å². The fourth-order valence-corrected chi connectivity index (χ4v) is 2.29. The van der Waals surface area contributed by atoms with E-state index in [1.54, 1.807) is 12.1 Å². The summed E-state index contributed by atoms with van der Waals surface area (Å²) in [6.07, 6.45) is 3.44. The van der Waals surface area contributed by atoms with Crippen molar-refractivity contribution in [2.45, 2.75) is 26.2 Å². The van der Waals surface area contributed by atoms with E-state index in [9.17, 15) is 10.1 Å². The topological polar surface area (TPSA) is 79.2 Å². The van der Waals surface area contributed by atoms with E-state index in [2.05, 4.69) is 35.2 Å². The molecule has 0 amide bonds. The van der Waals surface area contributed by atoms with Crippen LogP contribution in [0, 0.1) is 10.1 Å². The van der Waals surface area contributed by atoms with Crippen LogP contribution in [-0.2, 0) is 6.42 Å². The number of rotatable bonds is 7. The first kappa shape index (κ1) is 17.7. The van der Waals surface area contributed by atoms with Gasteiger partial charge >= 0.3 is 0 Å². The molecule has 0 atom stereocenters. The van der Waals surface area contributed by atoms with E-state index in [-0.39, 0.29) is 5.69 Å². The number of hydrazine groups is 1. The van der Waals surface area contributed by atoms with Gasteiger partial charge in [0.1, 0.15) is 0 Å². The fraction of sp³-hybridized carbons (Fsp3) is 0.235. The molecule has 3 N–H and O–H groups in total. The van der Waals surface area contributed by atoms with Crippen LogP contribution >= 0.6 is 12.2 Å². The zero-order chi connectivity index (χ0) is 17.4. The highest BCUT2D eigenvalue weighted by molar-refractivity contribution is 7.80. The van der Waals surface area contributed by atoms with Crippen molar-refractivity contribution in [1.29, 1.82) is 0 Å². The molecule has 2 rings (SSSR count). The van der Waals surface area contributed by atoms with E-state index in [1.807, 2.05) is 12.1 Å². The third-order valence-electron chi connectivity index (χ3n) is 3.41. The molecular formula is C17H20N4O2S. The van der Waals surface area contributed by atoms with E-state index < -0.39 is 4.92 Å². The molecule has 24 heavy (non-hydrogen) atoms. The van der Waals surface area contributed by atoms with Crippen LogP contribution in [-0.4, -0.2) is 10.0 Å². The monoisotopic (exact) mass is 344 g/mol. The number of nitrogens with zero attached hydrogens (tertiary/aromatic N) is 1. The molecule has 0 radical (unpaired) electrons. The molecule has 0 aromatic heterocycles. The minimum absolute atomic E-state index is 0.0170. The quantitative estimate of drug-likeness (QED) is 0.396. The van der Waals surface area contributed by atoms with Crippen molar-refractivity contribution in [2.75, 3.05) is 10.7 Å². The zero-order valence-corrected chi connectivity index (χ0v) is 14.2. The number of nitro benzene ring substituents is 1. The van der Waals surface area contributed by atoms with Gasteiger partial charge in [0.05, 0.1) is 10.6 Å². The van der Waals surface area contributed by atoms with Gasteiger partial charge in [-0.15, -0.1) is 0 Å². The lowest BCUT2D eigenvalue weighted by Crippen LogP contribution is -2.33. The number of hydrogen-bond acceptors (Lipinski definition) is 4. The lowest BCUT2D eigenvalue weighted by Gasteiger charge is -2.12. The van der Waals surface area contributed by atoms with Crippen molar-refractivity contribution in [3.8, 4) is 0 Å². The molecule has 0 bridgehead atoms. The number of unbranched alkanes of at least 4 members (excludes halogenated alkanes) is 1. The third kappa shape index (κ3) is 5.51. The Morgan fingerprint density at radius 3 is 2.58 bits per heavy atom. The molecule has 0 unspecified atom stereocenters. The molecule has 2 aromatic rings. The van der Waals surface area contributed by atoms with E-state index in [4.69, 9.17) is 12.2 Å². The van der Waals surface area contributed by atoms with Crippen molar-refractivity contribution in [3.63, 3.8) is 0 Å². The number of nitro groups is 1. The zero-order valence-electron chi connectivity index (χ0n) is 13.4. The van der Waals surface area contributed by atoms with Gasteiger partial charge in [-0.2, -0.15) is 0 Å². The molecule has 7 heteroatoms. The van der Waals surface area contributed by atoms with Gasteiger partial charge < -0.3 is 5.32 Å². The standard InChI is InChI=1S/C17H20N4O2S/c1-2-3-5-13-8-10-14(11-9-13)18-17(24)20-19-15-6-4-7-16(12-15)21(22)23/h4,6-12,19H,2-3,5H2,1H3,(H2,18,20,24). The summed E-state index contributed by atoms with van der Waals surface area (Å²) in [5.74, 6) is 0. The van der Waals surface area contributed by atoms with Gasteiger partial charge in [-0.05, 0) is 48.8 Å².